The Kier molecular flexibility index (Phi) is 5.78. The van der Waals surface area contributed by atoms with Crippen LogP contribution in [0.25, 0.3) is 0 Å². The number of pyridine rings is 1. The van der Waals surface area contributed by atoms with E-state index in [1.54, 1.807) is 7.05 Å². The zero-order valence-corrected chi connectivity index (χ0v) is 11.3. The van der Waals surface area contributed by atoms with E-state index in [9.17, 15) is 13.2 Å². The standard InChI is InChI=1S/C12H17F3N2S/c1-3-4-5-6-18-11-8-9(12(13,14)15)7-10(16-2)17-11/h7-8H,3-6H2,1-2H3,(H,16,17). The molecule has 1 aromatic heterocycles. The van der Waals surface area contributed by atoms with Gasteiger partial charge in [-0.15, -0.1) is 11.8 Å². The number of nitrogens with zero attached hydrogens (tertiary/aromatic N) is 1. The van der Waals surface area contributed by atoms with Crippen LogP contribution in [-0.4, -0.2) is 17.8 Å². The first-order valence-corrected chi connectivity index (χ1v) is 6.85. The maximum absolute atomic E-state index is 12.7. The Bertz CT molecular complexity index is 380. The van der Waals surface area contributed by atoms with Gasteiger partial charge in [0.1, 0.15) is 5.82 Å². The highest BCUT2D eigenvalue weighted by molar-refractivity contribution is 7.99. The monoisotopic (exact) mass is 278 g/mol. The molecule has 0 amide bonds. The third kappa shape index (κ3) is 4.76. The van der Waals surface area contributed by atoms with Gasteiger partial charge in [0.15, 0.2) is 0 Å². The number of hydrogen-bond acceptors (Lipinski definition) is 3. The fraction of sp³-hybridized carbons (Fsp3) is 0.583. The minimum Gasteiger partial charge on any atom is -0.373 e. The zero-order valence-electron chi connectivity index (χ0n) is 10.5. The number of unbranched alkanes of at least 4 members (excludes halogenated alkanes) is 2. The summed E-state index contributed by atoms with van der Waals surface area (Å²) < 4.78 is 38.0. The number of aromatic nitrogens is 1. The molecule has 0 saturated heterocycles. The molecule has 0 radical (unpaired) electrons. The number of hydrogen-bond donors (Lipinski definition) is 1. The fourth-order valence-corrected chi connectivity index (χ4v) is 2.33. The maximum atomic E-state index is 12.7. The number of nitrogens with one attached hydrogen (secondary N) is 1. The highest BCUT2D eigenvalue weighted by Gasteiger charge is 2.31. The summed E-state index contributed by atoms with van der Waals surface area (Å²) >= 11 is 1.37. The van der Waals surface area contributed by atoms with E-state index >= 15 is 0 Å². The quantitative estimate of drug-likeness (QED) is 0.615. The molecule has 102 valence electrons. The minimum absolute atomic E-state index is 0.253. The van der Waals surface area contributed by atoms with Gasteiger partial charge in [-0.05, 0) is 24.3 Å². The number of anilines is 1. The van der Waals surface area contributed by atoms with Crippen LogP contribution < -0.4 is 5.32 Å². The predicted octanol–water partition coefficient (Wildman–Crippen LogP) is 4.42. The lowest BCUT2D eigenvalue weighted by atomic mass is 10.2. The second-order valence-electron chi connectivity index (χ2n) is 3.88. The van der Waals surface area contributed by atoms with Gasteiger partial charge in [0.25, 0.3) is 0 Å². The van der Waals surface area contributed by atoms with Gasteiger partial charge in [0, 0.05) is 7.05 Å². The molecule has 0 spiro atoms. The average molecular weight is 278 g/mol. The van der Waals surface area contributed by atoms with Crippen molar-refractivity contribution in [2.24, 2.45) is 0 Å². The average Bonchev–Trinajstić information content (AvgIpc) is 2.33. The third-order valence-electron chi connectivity index (χ3n) is 2.38. The predicted molar refractivity (Wildman–Crippen MR) is 69.0 cm³/mol. The molecular weight excluding hydrogens is 261 g/mol. The Morgan fingerprint density at radius 3 is 2.56 bits per heavy atom. The van der Waals surface area contributed by atoms with Crippen LogP contribution in [0.5, 0.6) is 0 Å². The molecule has 0 saturated carbocycles. The summed E-state index contributed by atoms with van der Waals surface area (Å²) in [6.45, 7) is 2.09. The number of rotatable bonds is 6. The van der Waals surface area contributed by atoms with Crippen LogP contribution in [0.2, 0.25) is 0 Å². The fourth-order valence-electron chi connectivity index (χ4n) is 1.40. The molecule has 0 unspecified atom stereocenters. The molecule has 2 nitrogen and oxygen atoms in total. The lowest BCUT2D eigenvalue weighted by Gasteiger charge is -2.10. The van der Waals surface area contributed by atoms with Gasteiger partial charge >= 0.3 is 6.18 Å². The molecule has 1 rings (SSSR count). The van der Waals surface area contributed by atoms with Crippen molar-refractivity contribution >= 4 is 17.6 Å². The van der Waals surface area contributed by atoms with Crippen LogP contribution >= 0.6 is 11.8 Å². The lowest BCUT2D eigenvalue weighted by molar-refractivity contribution is -0.137. The lowest BCUT2D eigenvalue weighted by Crippen LogP contribution is -2.07. The van der Waals surface area contributed by atoms with Crippen molar-refractivity contribution in [2.75, 3.05) is 18.1 Å². The number of halogens is 3. The van der Waals surface area contributed by atoms with E-state index in [-0.39, 0.29) is 5.82 Å². The molecule has 1 aromatic rings. The highest BCUT2D eigenvalue weighted by atomic mass is 32.2. The number of thioether (sulfide) groups is 1. The molecule has 1 N–H and O–H groups in total. The number of alkyl halides is 3. The molecule has 0 bridgehead atoms. The first-order valence-electron chi connectivity index (χ1n) is 5.87. The summed E-state index contributed by atoms with van der Waals surface area (Å²) in [5, 5.41) is 3.08. The van der Waals surface area contributed by atoms with Gasteiger partial charge in [-0.1, -0.05) is 19.8 Å². The van der Waals surface area contributed by atoms with Gasteiger partial charge in [0.2, 0.25) is 0 Å². The van der Waals surface area contributed by atoms with Gasteiger partial charge in [-0.25, -0.2) is 4.98 Å². The molecule has 18 heavy (non-hydrogen) atoms. The van der Waals surface area contributed by atoms with E-state index in [0.717, 1.165) is 37.1 Å². The summed E-state index contributed by atoms with van der Waals surface area (Å²) in [4.78, 5) is 4.11. The Morgan fingerprint density at radius 1 is 1.28 bits per heavy atom. The van der Waals surface area contributed by atoms with Crippen molar-refractivity contribution in [2.45, 2.75) is 37.4 Å². The van der Waals surface area contributed by atoms with Crippen molar-refractivity contribution in [3.05, 3.63) is 17.7 Å². The first-order chi connectivity index (χ1) is 8.47. The first kappa shape index (κ1) is 15.1. The maximum Gasteiger partial charge on any atom is 0.416 e. The highest BCUT2D eigenvalue weighted by Crippen LogP contribution is 2.33. The van der Waals surface area contributed by atoms with Crippen molar-refractivity contribution in [3.8, 4) is 0 Å². The topological polar surface area (TPSA) is 24.9 Å². The van der Waals surface area contributed by atoms with Gasteiger partial charge in [-0.3, -0.25) is 0 Å². The van der Waals surface area contributed by atoms with Gasteiger partial charge in [-0.2, -0.15) is 13.2 Å². The summed E-state index contributed by atoms with van der Waals surface area (Å²) in [6.07, 6.45) is -1.15. The molecule has 0 aliphatic rings. The van der Waals surface area contributed by atoms with Crippen molar-refractivity contribution in [1.29, 1.82) is 0 Å². The zero-order chi connectivity index (χ0) is 13.6. The minimum atomic E-state index is -4.33. The van der Waals surface area contributed by atoms with Crippen LogP contribution in [0.4, 0.5) is 19.0 Å². The van der Waals surface area contributed by atoms with E-state index in [4.69, 9.17) is 0 Å². The van der Waals surface area contributed by atoms with Gasteiger partial charge < -0.3 is 5.32 Å². The normalized spacial score (nSPS) is 11.6. The largest absolute Gasteiger partial charge is 0.416 e. The van der Waals surface area contributed by atoms with E-state index in [1.165, 1.54) is 11.8 Å². The Labute approximate surface area is 109 Å². The van der Waals surface area contributed by atoms with Crippen LogP contribution in [0.15, 0.2) is 17.2 Å². The third-order valence-corrected chi connectivity index (χ3v) is 3.38. The van der Waals surface area contributed by atoms with Crippen LogP contribution in [0.1, 0.15) is 31.7 Å². The molecule has 0 aliphatic carbocycles. The van der Waals surface area contributed by atoms with Crippen LogP contribution in [0, 0.1) is 0 Å². The second-order valence-corrected chi connectivity index (χ2v) is 5.00. The van der Waals surface area contributed by atoms with Crippen LogP contribution in [-0.2, 0) is 6.18 Å². The molecular formula is C12H17F3N2S. The van der Waals surface area contributed by atoms with Crippen molar-refractivity contribution < 1.29 is 13.2 Å². The van der Waals surface area contributed by atoms with E-state index in [0.29, 0.717) is 5.03 Å². The van der Waals surface area contributed by atoms with Crippen molar-refractivity contribution in [1.82, 2.24) is 4.98 Å². The van der Waals surface area contributed by atoms with E-state index in [2.05, 4.69) is 17.2 Å². The Morgan fingerprint density at radius 2 is 2.00 bits per heavy atom. The summed E-state index contributed by atoms with van der Waals surface area (Å²) in [7, 11) is 1.56. The molecule has 0 aliphatic heterocycles. The molecule has 0 aromatic carbocycles. The Hall–Kier alpha value is -0.910. The van der Waals surface area contributed by atoms with E-state index in [1.807, 2.05) is 0 Å². The molecule has 0 atom stereocenters. The smallest absolute Gasteiger partial charge is 0.373 e. The molecule has 0 fully saturated rings. The Balaban J connectivity index is 2.78. The summed E-state index contributed by atoms with van der Waals surface area (Å²) in [5.74, 6) is 1.05. The molecule has 1 heterocycles. The van der Waals surface area contributed by atoms with Crippen molar-refractivity contribution in [3.63, 3.8) is 0 Å². The van der Waals surface area contributed by atoms with E-state index < -0.39 is 11.7 Å². The van der Waals surface area contributed by atoms with Crippen LogP contribution in [0.3, 0.4) is 0 Å². The SMILES string of the molecule is CCCCCSc1cc(C(F)(F)F)cc(NC)n1. The summed E-state index contributed by atoms with van der Waals surface area (Å²) in [5.41, 5.74) is -0.653. The molecule has 6 heteroatoms. The summed E-state index contributed by atoms with van der Waals surface area (Å²) in [6, 6.07) is 2.13. The van der Waals surface area contributed by atoms with Gasteiger partial charge in [0.05, 0.1) is 10.6 Å². The second kappa shape index (κ2) is 6.87.